The van der Waals surface area contributed by atoms with Crippen molar-refractivity contribution >= 4 is 11.6 Å². The highest BCUT2D eigenvalue weighted by Crippen LogP contribution is 2.40. The molecule has 0 spiro atoms. The van der Waals surface area contributed by atoms with Crippen molar-refractivity contribution in [1.29, 1.82) is 0 Å². The van der Waals surface area contributed by atoms with Gasteiger partial charge in [-0.3, -0.25) is 0 Å². The molecule has 1 aromatic heterocycles. The number of aromatic nitrogens is 1. The van der Waals surface area contributed by atoms with Crippen LogP contribution < -0.4 is 9.47 Å². The summed E-state index contributed by atoms with van der Waals surface area (Å²) in [4.78, 5) is 3.82. The van der Waals surface area contributed by atoms with Crippen LogP contribution in [0.2, 0.25) is 5.15 Å². The average Bonchev–Trinajstić information content (AvgIpc) is 2.37. The molecule has 7 heteroatoms. The summed E-state index contributed by atoms with van der Waals surface area (Å²) in [5, 5.41) is 0.0619. The van der Waals surface area contributed by atoms with Crippen molar-refractivity contribution in [3.8, 4) is 22.6 Å². The SMILES string of the molecule is COc1c(-c2ccccc2OC(F)(F)F)ccnc1Cl. The molecule has 0 aliphatic carbocycles. The number of alkyl halides is 3. The fourth-order valence-corrected chi connectivity index (χ4v) is 1.97. The van der Waals surface area contributed by atoms with Crippen LogP contribution in [0.5, 0.6) is 11.5 Å². The highest BCUT2D eigenvalue weighted by Gasteiger charge is 2.32. The van der Waals surface area contributed by atoms with E-state index in [2.05, 4.69) is 9.72 Å². The highest BCUT2D eigenvalue weighted by molar-refractivity contribution is 6.31. The summed E-state index contributed by atoms with van der Waals surface area (Å²) in [6, 6.07) is 7.24. The summed E-state index contributed by atoms with van der Waals surface area (Å²) in [7, 11) is 1.36. The molecule has 3 nitrogen and oxygen atoms in total. The van der Waals surface area contributed by atoms with E-state index in [0.29, 0.717) is 5.56 Å². The number of para-hydroxylation sites is 1. The van der Waals surface area contributed by atoms with Crippen molar-refractivity contribution < 1.29 is 22.6 Å². The summed E-state index contributed by atoms with van der Waals surface area (Å²) in [5.41, 5.74) is 0.582. The Morgan fingerprint density at radius 1 is 1.10 bits per heavy atom. The van der Waals surface area contributed by atoms with Crippen LogP contribution in [-0.2, 0) is 0 Å². The second-order valence-electron chi connectivity index (χ2n) is 3.73. The first kappa shape index (κ1) is 14.5. The molecular weight excluding hydrogens is 295 g/mol. The van der Waals surface area contributed by atoms with Gasteiger partial charge in [-0.25, -0.2) is 4.98 Å². The maximum atomic E-state index is 12.4. The number of halogens is 4. The van der Waals surface area contributed by atoms with Crippen LogP contribution in [0.4, 0.5) is 13.2 Å². The lowest BCUT2D eigenvalue weighted by Crippen LogP contribution is -2.17. The van der Waals surface area contributed by atoms with Gasteiger partial charge in [0.1, 0.15) is 5.75 Å². The number of pyridine rings is 1. The van der Waals surface area contributed by atoms with E-state index in [1.165, 1.54) is 37.6 Å². The molecule has 0 fully saturated rings. The molecule has 20 heavy (non-hydrogen) atoms. The first-order valence-electron chi connectivity index (χ1n) is 5.46. The number of hydrogen-bond acceptors (Lipinski definition) is 3. The Morgan fingerprint density at radius 2 is 1.80 bits per heavy atom. The lowest BCUT2D eigenvalue weighted by atomic mass is 10.1. The summed E-state index contributed by atoms with van der Waals surface area (Å²) >= 11 is 5.87. The molecule has 0 unspecified atom stereocenters. The van der Waals surface area contributed by atoms with Crippen LogP contribution in [0.15, 0.2) is 36.5 Å². The molecule has 0 radical (unpaired) electrons. The van der Waals surface area contributed by atoms with Gasteiger partial charge in [-0.15, -0.1) is 13.2 Å². The lowest BCUT2D eigenvalue weighted by molar-refractivity contribution is -0.274. The van der Waals surface area contributed by atoms with E-state index in [1.54, 1.807) is 6.07 Å². The topological polar surface area (TPSA) is 31.4 Å². The summed E-state index contributed by atoms with van der Waals surface area (Å²) in [6.45, 7) is 0. The zero-order valence-electron chi connectivity index (χ0n) is 10.2. The van der Waals surface area contributed by atoms with Gasteiger partial charge in [-0.1, -0.05) is 29.8 Å². The summed E-state index contributed by atoms with van der Waals surface area (Å²) in [5.74, 6) is -0.145. The Labute approximate surface area is 117 Å². The maximum Gasteiger partial charge on any atom is 0.573 e. The average molecular weight is 304 g/mol. The molecule has 0 aliphatic heterocycles. The Bertz CT molecular complexity index is 617. The van der Waals surface area contributed by atoms with Crippen LogP contribution in [-0.4, -0.2) is 18.5 Å². The molecule has 0 saturated heterocycles. The first-order valence-corrected chi connectivity index (χ1v) is 5.84. The predicted molar refractivity (Wildman–Crippen MR) is 67.9 cm³/mol. The van der Waals surface area contributed by atoms with Crippen LogP contribution in [0, 0.1) is 0 Å². The van der Waals surface area contributed by atoms with Gasteiger partial charge in [0.15, 0.2) is 10.9 Å². The van der Waals surface area contributed by atoms with E-state index in [0.717, 1.165) is 0 Å². The van der Waals surface area contributed by atoms with Crippen molar-refractivity contribution in [2.45, 2.75) is 6.36 Å². The smallest absolute Gasteiger partial charge is 0.493 e. The number of ether oxygens (including phenoxy) is 2. The lowest BCUT2D eigenvalue weighted by Gasteiger charge is -2.15. The molecule has 0 N–H and O–H groups in total. The van der Waals surface area contributed by atoms with Crippen LogP contribution in [0.1, 0.15) is 0 Å². The minimum absolute atomic E-state index is 0.0619. The third-order valence-corrected chi connectivity index (χ3v) is 2.74. The van der Waals surface area contributed by atoms with Gasteiger partial charge in [-0.05, 0) is 12.1 Å². The van der Waals surface area contributed by atoms with Crippen LogP contribution in [0.25, 0.3) is 11.1 Å². The van der Waals surface area contributed by atoms with Crippen molar-refractivity contribution in [2.75, 3.05) is 7.11 Å². The van der Waals surface area contributed by atoms with Gasteiger partial charge in [0.2, 0.25) is 0 Å². The van der Waals surface area contributed by atoms with E-state index in [1.807, 2.05) is 0 Å². The molecule has 2 aromatic rings. The Balaban J connectivity index is 2.56. The normalized spacial score (nSPS) is 11.2. The van der Waals surface area contributed by atoms with E-state index < -0.39 is 6.36 Å². The molecule has 0 atom stereocenters. The zero-order valence-corrected chi connectivity index (χ0v) is 11.0. The van der Waals surface area contributed by atoms with Crippen LogP contribution in [0.3, 0.4) is 0 Å². The molecule has 1 aromatic carbocycles. The monoisotopic (exact) mass is 303 g/mol. The quantitative estimate of drug-likeness (QED) is 0.792. The van der Waals surface area contributed by atoms with Gasteiger partial charge in [0.25, 0.3) is 0 Å². The van der Waals surface area contributed by atoms with Gasteiger partial charge >= 0.3 is 6.36 Å². The fourth-order valence-electron chi connectivity index (χ4n) is 1.73. The van der Waals surface area contributed by atoms with Gasteiger partial charge in [0.05, 0.1) is 7.11 Å². The molecule has 2 rings (SSSR count). The number of benzene rings is 1. The molecule has 0 amide bonds. The molecule has 106 valence electrons. The van der Waals surface area contributed by atoms with Crippen LogP contribution >= 0.6 is 11.6 Å². The molecule has 0 bridgehead atoms. The first-order chi connectivity index (χ1) is 9.42. The van der Waals surface area contributed by atoms with E-state index in [-0.39, 0.29) is 22.2 Å². The molecular formula is C13H9ClF3NO2. The second-order valence-corrected chi connectivity index (χ2v) is 4.08. The van der Waals surface area contributed by atoms with Gasteiger partial charge < -0.3 is 9.47 Å². The predicted octanol–water partition coefficient (Wildman–Crippen LogP) is 4.31. The summed E-state index contributed by atoms with van der Waals surface area (Å²) in [6.07, 6.45) is -3.40. The van der Waals surface area contributed by atoms with Gasteiger partial charge in [0, 0.05) is 17.3 Å². The van der Waals surface area contributed by atoms with Crippen molar-refractivity contribution in [2.24, 2.45) is 0 Å². The molecule has 0 saturated carbocycles. The maximum absolute atomic E-state index is 12.4. The third kappa shape index (κ3) is 3.14. The number of nitrogens with zero attached hydrogens (tertiary/aromatic N) is 1. The Morgan fingerprint density at radius 3 is 2.45 bits per heavy atom. The van der Waals surface area contributed by atoms with E-state index in [9.17, 15) is 13.2 Å². The number of rotatable bonds is 3. The van der Waals surface area contributed by atoms with Crippen molar-refractivity contribution in [1.82, 2.24) is 4.98 Å². The molecule has 0 aliphatic rings. The highest BCUT2D eigenvalue weighted by atomic mass is 35.5. The third-order valence-electron chi connectivity index (χ3n) is 2.47. The van der Waals surface area contributed by atoms with E-state index >= 15 is 0 Å². The second kappa shape index (κ2) is 5.58. The summed E-state index contributed by atoms with van der Waals surface area (Å²) < 4.78 is 46.3. The number of hydrogen-bond donors (Lipinski definition) is 0. The minimum atomic E-state index is -4.78. The fraction of sp³-hybridized carbons (Fsp3) is 0.154. The van der Waals surface area contributed by atoms with Gasteiger partial charge in [-0.2, -0.15) is 0 Å². The molecule has 1 heterocycles. The number of methoxy groups -OCH3 is 1. The largest absolute Gasteiger partial charge is 0.573 e. The standard InChI is InChI=1S/C13H9ClF3NO2/c1-19-11-9(6-7-18-12(11)14)8-4-2-3-5-10(8)20-13(15,16)17/h2-7H,1H3. The van der Waals surface area contributed by atoms with E-state index in [4.69, 9.17) is 16.3 Å². The minimum Gasteiger partial charge on any atom is -0.493 e. The Hall–Kier alpha value is -1.95. The zero-order chi connectivity index (χ0) is 14.8. The Kier molecular flexibility index (Phi) is 4.04. The van der Waals surface area contributed by atoms with Crippen molar-refractivity contribution in [3.05, 3.63) is 41.7 Å². The van der Waals surface area contributed by atoms with Crippen molar-refractivity contribution in [3.63, 3.8) is 0 Å².